The molecule has 5 fully saturated rings. The van der Waals surface area contributed by atoms with Gasteiger partial charge in [0.05, 0.1) is 6.10 Å². The van der Waals surface area contributed by atoms with Crippen LogP contribution < -0.4 is 5.32 Å². The molecule has 3 heteroatoms. The fourth-order valence-corrected chi connectivity index (χ4v) is 5.96. The molecule has 5 aliphatic rings. The van der Waals surface area contributed by atoms with E-state index in [0.717, 1.165) is 31.1 Å². The van der Waals surface area contributed by atoms with E-state index in [1.165, 1.54) is 32.1 Å². The number of hydrogen-bond donors (Lipinski definition) is 2. The molecule has 2 N–H and O–H groups in total. The van der Waals surface area contributed by atoms with E-state index in [-0.39, 0.29) is 6.10 Å². The molecular weight excluding hydrogens is 250 g/mol. The fourth-order valence-electron chi connectivity index (χ4n) is 5.96. The Hall–Kier alpha value is -0.570. The number of nitrogens with one attached hydrogen (secondary N) is 1. The fraction of sp³-hybridized carbons (Fsp3) is 0.941. The van der Waals surface area contributed by atoms with Gasteiger partial charge in [-0.3, -0.25) is 4.79 Å². The minimum Gasteiger partial charge on any atom is -0.393 e. The lowest BCUT2D eigenvalue weighted by Gasteiger charge is -2.53. The zero-order chi connectivity index (χ0) is 13.7. The maximum absolute atomic E-state index is 12.6. The molecule has 0 aromatic carbocycles. The van der Waals surface area contributed by atoms with Crippen molar-refractivity contribution in [3.63, 3.8) is 0 Å². The van der Waals surface area contributed by atoms with Crippen molar-refractivity contribution in [1.82, 2.24) is 5.32 Å². The summed E-state index contributed by atoms with van der Waals surface area (Å²) in [6, 6.07) is 0. The van der Waals surface area contributed by atoms with E-state index in [4.69, 9.17) is 0 Å². The zero-order valence-corrected chi connectivity index (χ0v) is 12.3. The molecule has 20 heavy (non-hydrogen) atoms. The molecule has 5 rings (SSSR count). The second-order valence-corrected chi connectivity index (χ2v) is 7.96. The molecule has 4 bridgehead atoms. The summed E-state index contributed by atoms with van der Waals surface area (Å²) in [7, 11) is 0. The molecule has 1 amide bonds. The van der Waals surface area contributed by atoms with Crippen molar-refractivity contribution < 1.29 is 9.90 Å². The molecule has 2 unspecified atom stereocenters. The molecular formula is C17H27NO2. The van der Waals surface area contributed by atoms with Crippen molar-refractivity contribution in [3.05, 3.63) is 0 Å². The third-order valence-electron chi connectivity index (χ3n) is 6.69. The summed E-state index contributed by atoms with van der Waals surface area (Å²) < 4.78 is 0. The van der Waals surface area contributed by atoms with Gasteiger partial charge in [0, 0.05) is 18.4 Å². The Balaban J connectivity index is 1.36. The zero-order valence-electron chi connectivity index (χ0n) is 12.3. The average Bonchev–Trinajstić information content (AvgIpc) is 2.80. The second-order valence-electron chi connectivity index (χ2n) is 7.96. The lowest BCUT2D eigenvalue weighted by atomic mass is 9.51. The number of amides is 1. The van der Waals surface area contributed by atoms with Gasteiger partial charge in [-0.1, -0.05) is 6.42 Å². The minimum atomic E-state index is -0.186. The van der Waals surface area contributed by atoms with Crippen molar-refractivity contribution in [2.45, 2.75) is 57.5 Å². The SMILES string of the molecule is O=C(NCC1CCCC1O)C1C2CC3CC(C2)CC1C3. The quantitative estimate of drug-likeness (QED) is 0.832. The largest absolute Gasteiger partial charge is 0.393 e. The highest BCUT2D eigenvalue weighted by Crippen LogP contribution is 2.56. The van der Waals surface area contributed by atoms with Crippen molar-refractivity contribution in [1.29, 1.82) is 0 Å². The van der Waals surface area contributed by atoms with Crippen LogP contribution in [0.5, 0.6) is 0 Å². The van der Waals surface area contributed by atoms with Gasteiger partial charge in [0.25, 0.3) is 0 Å². The Labute approximate surface area is 121 Å². The van der Waals surface area contributed by atoms with Gasteiger partial charge in [-0.15, -0.1) is 0 Å². The normalized spacial score (nSPS) is 49.5. The summed E-state index contributed by atoms with van der Waals surface area (Å²) in [5.41, 5.74) is 0. The van der Waals surface area contributed by atoms with Gasteiger partial charge < -0.3 is 10.4 Å². The third-order valence-corrected chi connectivity index (χ3v) is 6.69. The maximum Gasteiger partial charge on any atom is 0.223 e. The highest BCUT2D eigenvalue weighted by atomic mass is 16.3. The van der Waals surface area contributed by atoms with Gasteiger partial charge in [-0.2, -0.15) is 0 Å². The summed E-state index contributed by atoms with van der Waals surface area (Å²) in [6.45, 7) is 0.697. The second kappa shape index (κ2) is 5.01. The molecule has 5 aliphatic carbocycles. The molecule has 0 aromatic heterocycles. The van der Waals surface area contributed by atoms with Crippen LogP contribution in [-0.2, 0) is 4.79 Å². The van der Waals surface area contributed by atoms with Crippen molar-refractivity contribution in [3.8, 4) is 0 Å². The van der Waals surface area contributed by atoms with Crippen LogP contribution in [-0.4, -0.2) is 23.7 Å². The number of aliphatic hydroxyl groups is 1. The van der Waals surface area contributed by atoms with E-state index in [0.29, 0.717) is 36.1 Å². The topological polar surface area (TPSA) is 49.3 Å². The maximum atomic E-state index is 12.6. The predicted octanol–water partition coefficient (Wildman–Crippen LogP) is 2.34. The smallest absolute Gasteiger partial charge is 0.223 e. The first kappa shape index (κ1) is 13.1. The Morgan fingerprint density at radius 3 is 2.20 bits per heavy atom. The Kier molecular flexibility index (Phi) is 3.29. The number of hydrogen-bond acceptors (Lipinski definition) is 2. The van der Waals surface area contributed by atoms with Crippen LogP contribution in [0, 0.1) is 35.5 Å². The van der Waals surface area contributed by atoms with Gasteiger partial charge in [-0.25, -0.2) is 0 Å². The first-order valence-electron chi connectivity index (χ1n) is 8.66. The number of aliphatic hydroxyl groups excluding tert-OH is 1. The van der Waals surface area contributed by atoms with Crippen molar-refractivity contribution in [2.24, 2.45) is 35.5 Å². The molecule has 0 saturated heterocycles. The molecule has 5 saturated carbocycles. The van der Waals surface area contributed by atoms with Crippen molar-refractivity contribution >= 4 is 5.91 Å². The van der Waals surface area contributed by atoms with Crippen LogP contribution in [0.2, 0.25) is 0 Å². The predicted molar refractivity (Wildman–Crippen MR) is 76.9 cm³/mol. The molecule has 0 spiro atoms. The van der Waals surface area contributed by atoms with Gasteiger partial charge >= 0.3 is 0 Å². The van der Waals surface area contributed by atoms with Crippen LogP contribution in [0.15, 0.2) is 0 Å². The summed E-state index contributed by atoms with van der Waals surface area (Å²) >= 11 is 0. The lowest BCUT2D eigenvalue weighted by molar-refractivity contribution is -0.138. The molecule has 2 atom stereocenters. The highest BCUT2D eigenvalue weighted by Gasteiger charge is 2.50. The van der Waals surface area contributed by atoms with E-state index in [2.05, 4.69) is 5.32 Å². The summed E-state index contributed by atoms with van der Waals surface area (Å²) in [5.74, 6) is 4.09. The van der Waals surface area contributed by atoms with Crippen LogP contribution >= 0.6 is 0 Å². The van der Waals surface area contributed by atoms with Crippen molar-refractivity contribution in [2.75, 3.05) is 6.54 Å². The Morgan fingerprint density at radius 1 is 1.00 bits per heavy atom. The number of carbonyl (C=O) groups excluding carboxylic acids is 1. The van der Waals surface area contributed by atoms with E-state index in [9.17, 15) is 9.90 Å². The number of rotatable bonds is 3. The summed E-state index contributed by atoms with van der Waals surface area (Å²) in [6.07, 6.45) is 9.56. The Morgan fingerprint density at radius 2 is 1.65 bits per heavy atom. The minimum absolute atomic E-state index is 0.186. The summed E-state index contributed by atoms with van der Waals surface area (Å²) in [4.78, 5) is 12.6. The van der Waals surface area contributed by atoms with E-state index >= 15 is 0 Å². The first-order valence-corrected chi connectivity index (χ1v) is 8.66. The molecule has 0 aromatic rings. The molecule has 0 heterocycles. The molecule has 0 radical (unpaired) electrons. The highest BCUT2D eigenvalue weighted by molar-refractivity contribution is 5.79. The molecule has 112 valence electrons. The van der Waals surface area contributed by atoms with Gasteiger partial charge in [0.2, 0.25) is 5.91 Å². The van der Waals surface area contributed by atoms with Gasteiger partial charge in [0.1, 0.15) is 0 Å². The lowest BCUT2D eigenvalue weighted by Crippen LogP contribution is -2.51. The van der Waals surface area contributed by atoms with E-state index < -0.39 is 0 Å². The molecule has 3 nitrogen and oxygen atoms in total. The van der Waals surface area contributed by atoms with Gasteiger partial charge in [-0.05, 0) is 68.6 Å². The Bertz CT molecular complexity index is 366. The average molecular weight is 277 g/mol. The van der Waals surface area contributed by atoms with E-state index in [1.54, 1.807) is 0 Å². The first-order chi connectivity index (χ1) is 9.70. The van der Waals surface area contributed by atoms with E-state index in [1.807, 2.05) is 0 Å². The van der Waals surface area contributed by atoms with Crippen LogP contribution in [0.25, 0.3) is 0 Å². The molecule has 0 aliphatic heterocycles. The summed E-state index contributed by atoms with van der Waals surface area (Å²) in [5, 5.41) is 13.0. The monoisotopic (exact) mass is 277 g/mol. The number of carbonyl (C=O) groups is 1. The standard InChI is InChI=1S/C17H27NO2/c19-15-3-1-2-12(15)9-18-17(20)16-13-5-10-4-11(7-13)8-14(16)6-10/h10-16,19H,1-9H2,(H,18,20). The van der Waals surface area contributed by atoms with Gasteiger partial charge in [0.15, 0.2) is 0 Å². The third kappa shape index (κ3) is 2.18. The van der Waals surface area contributed by atoms with Crippen LogP contribution in [0.1, 0.15) is 51.4 Å². The van der Waals surface area contributed by atoms with Crippen LogP contribution in [0.4, 0.5) is 0 Å². The van der Waals surface area contributed by atoms with Crippen LogP contribution in [0.3, 0.4) is 0 Å².